The summed E-state index contributed by atoms with van der Waals surface area (Å²) in [7, 11) is -3.82. The number of amides is 2. The Balaban J connectivity index is 1.39. The Kier molecular flexibility index (Phi) is 9.21. The highest BCUT2D eigenvalue weighted by molar-refractivity contribution is 7.92. The molecule has 2 amide bonds. The van der Waals surface area contributed by atoms with Crippen molar-refractivity contribution < 1.29 is 22.4 Å². The molecular weight excluding hydrogens is 565 g/mol. The molecule has 0 saturated heterocycles. The summed E-state index contributed by atoms with van der Waals surface area (Å²) in [4.78, 5) is 28.6. The molecule has 234 valence electrons. The van der Waals surface area contributed by atoms with Gasteiger partial charge in [-0.2, -0.15) is 0 Å². The highest BCUT2D eigenvalue weighted by Crippen LogP contribution is 2.60. The van der Waals surface area contributed by atoms with Crippen molar-refractivity contribution in [2.24, 2.45) is 23.7 Å². The lowest BCUT2D eigenvalue weighted by Gasteiger charge is -2.57. The molecule has 4 aliphatic carbocycles. The fourth-order valence-electron chi connectivity index (χ4n) is 8.19. The molecule has 0 heterocycles. The maximum absolute atomic E-state index is 13.9. The van der Waals surface area contributed by atoms with Gasteiger partial charge in [-0.25, -0.2) is 12.8 Å². The van der Waals surface area contributed by atoms with Crippen LogP contribution in [0.2, 0.25) is 0 Å². The number of carbonyl (C=O) groups is 2. The largest absolute Gasteiger partial charge is 0.354 e. The van der Waals surface area contributed by atoms with E-state index >= 15 is 0 Å². The highest BCUT2D eigenvalue weighted by Gasteiger charge is 2.51. The summed E-state index contributed by atoms with van der Waals surface area (Å²) in [5.41, 5.74) is 2.54. The van der Waals surface area contributed by atoms with Crippen molar-refractivity contribution in [3.8, 4) is 0 Å². The van der Waals surface area contributed by atoms with Crippen molar-refractivity contribution in [3.63, 3.8) is 0 Å². The molecule has 4 bridgehead atoms. The van der Waals surface area contributed by atoms with Crippen molar-refractivity contribution in [2.75, 3.05) is 23.7 Å². The third-order valence-corrected chi connectivity index (χ3v) is 11.0. The van der Waals surface area contributed by atoms with Crippen LogP contribution in [0.15, 0.2) is 48.5 Å². The number of halogens is 1. The molecule has 0 spiro atoms. The van der Waals surface area contributed by atoms with Gasteiger partial charge in [-0.15, -0.1) is 0 Å². The number of benzene rings is 2. The molecule has 4 saturated carbocycles. The van der Waals surface area contributed by atoms with E-state index in [2.05, 4.69) is 17.4 Å². The van der Waals surface area contributed by atoms with Gasteiger partial charge in [0.05, 0.1) is 11.9 Å². The monoisotopic (exact) mass is 611 g/mol. The minimum atomic E-state index is -3.82. The number of rotatable bonds is 12. The Morgan fingerprint density at radius 1 is 0.953 bits per heavy atom. The summed E-state index contributed by atoms with van der Waals surface area (Å²) in [5.74, 6) is 1.43. The number of sulfonamides is 1. The normalized spacial score (nSPS) is 25.0. The van der Waals surface area contributed by atoms with Gasteiger partial charge in [0, 0.05) is 13.1 Å². The Morgan fingerprint density at radius 2 is 1.51 bits per heavy atom. The molecule has 9 heteroatoms. The number of hydrogen-bond acceptors (Lipinski definition) is 4. The average Bonchev–Trinajstić information content (AvgIpc) is 2.94. The number of anilines is 1. The van der Waals surface area contributed by atoms with Gasteiger partial charge in [0.15, 0.2) is 0 Å². The first kappa shape index (κ1) is 31.5. The van der Waals surface area contributed by atoms with Crippen LogP contribution in [0.3, 0.4) is 0 Å². The Hall–Kier alpha value is -2.94. The lowest BCUT2D eigenvalue weighted by molar-refractivity contribution is -0.140. The second-order valence-corrected chi connectivity index (χ2v) is 15.6. The first-order chi connectivity index (χ1) is 20.4. The summed E-state index contributed by atoms with van der Waals surface area (Å²) in [6.07, 6.45) is 9.13. The standard InChI is InChI=1S/C34H46FN3O4S/c1-5-31(33(40)36-20-23(2)3)37(21-24-6-10-29(35)11-7-24)32(39)22-38(43(4,41)42)30-12-8-28(9-13-30)34-17-25-14-26(18-34)16-27(15-25)19-34/h6-13,23,25-27,31H,5,14-22H2,1-4H3,(H,36,40). The summed E-state index contributed by atoms with van der Waals surface area (Å²) < 4.78 is 40.9. The van der Waals surface area contributed by atoms with Crippen molar-refractivity contribution in [1.29, 1.82) is 0 Å². The van der Waals surface area contributed by atoms with Crippen LogP contribution in [0, 0.1) is 29.5 Å². The molecule has 0 aromatic heterocycles. The van der Waals surface area contributed by atoms with Gasteiger partial charge in [-0.1, -0.05) is 45.0 Å². The molecule has 4 aliphatic rings. The first-order valence-corrected chi connectivity index (χ1v) is 17.6. The van der Waals surface area contributed by atoms with Crippen molar-refractivity contribution in [2.45, 2.75) is 83.7 Å². The van der Waals surface area contributed by atoms with Crippen LogP contribution < -0.4 is 9.62 Å². The van der Waals surface area contributed by atoms with E-state index in [9.17, 15) is 22.4 Å². The zero-order valence-corrected chi connectivity index (χ0v) is 26.7. The third kappa shape index (κ3) is 7.08. The second-order valence-electron chi connectivity index (χ2n) is 13.7. The zero-order chi connectivity index (χ0) is 30.9. The molecular formula is C34H46FN3O4S. The van der Waals surface area contributed by atoms with E-state index < -0.39 is 34.3 Å². The average molecular weight is 612 g/mol. The lowest BCUT2D eigenvalue weighted by Crippen LogP contribution is -2.52. The topological polar surface area (TPSA) is 86.8 Å². The number of carbonyl (C=O) groups excluding carboxylic acids is 2. The van der Waals surface area contributed by atoms with Gasteiger partial charge in [0.25, 0.3) is 0 Å². The van der Waals surface area contributed by atoms with E-state index in [1.165, 1.54) is 61.1 Å². The fraction of sp³-hybridized carbons (Fsp3) is 0.588. The molecule has 1 N–H and O–H groups in total. The predicted octanol–water partition coefficient (Wildman–Crippen LogP) is 5.64. The van der Waals surface area contributed by atoms with Gasteiger partial charge in [-0.3, -0.25) is 13.9 Å². The van der Waals surface area contributed by atoms with Crippen LogP contribution in [0.1, 0.15) is 76.8 Å². The summed E-state index contributed by atoms with van der Waals surface area (Å²) in [6, 6.07) is 12.8. The zero-order valence-electron chi connectivity index (χ0n) is 25.9. The molecule has 1 atom stereocenters. The molecule has 6 rings (SSSR count). The minimum Gasteiger partial charge on any atom is -0.354 e. The molecule has 4 fully saturated rings. The van der Waals surface area contributed by atoms with E-state index in [1.54, 1.807) is 12.1 Å². The van der Waals surface area contributed by atoms with Crippen molar-refractivity contribution in [3.05, 3.63) is 65.5 Å². The maximum atomic E-state index is 13.9. The number of nitrogens with zero attached hydrogens (tertiary/aromatic N) is 2. The van der Waals surface area contributed by atoms with Crippen LogP contribution in [-0.2, 0) is 31.6 Å². The smallest absolute Gasteiger partial charge is 0.244 e. The summed E-state index contributed by atoms with van der Waals surface area (Å²) in [5, 5.41) is 2.91. The lowest BCUT2D eigenvalue weighted by atomic mass is 9.48. The summed E-state index contributed by atoms with van der Waals surface area (Å²) >= 11 is 0. The van der Waals surface area contributed by atoms with Gasteiger partial charge >= 0.3 is 0 Å². The van der Waals surface area contributed by atoms with E-state index in [1.807, 2.05) is 32.9 Å². The molecule has 43 heavy (non-hydrogen) atoms. The SMILES string of the molecule is CCC(C(=O)NCC(C)C)N(Cc1ccc(F)cc1)C(=O)CN(c1ccc(C23CC4CC(CC(C4)C2)C3)cc1)S(C)(=O)=O. The van der Waals surface area contributed by atoms with E-state index in [0.29, 0.717) is 24.2 Å². The van der Waals surface area contributed by atoms with Crippen molar-refractivity contribution >= 4 is 27.5 Å². The Morgan fingerprint density at radius 3 is 2.00 bits per heavy atom. The van der Waals surface area contributed by atoms with Crippen LogP contribution in [0.4, 0.5) is 10.1 Å². The predicted molar refractivity (Wildman–Crippen MR) is 167 cm³/mol. The van der Waals surface area contributed by atoms with Gasteiger partial charge in [0.2, 0.25) is 21.8 Å². The van der Waals surface area contributed by atoms with Gasteiger partial charge in [0.1, 0.15) is 18.4 Å². The van der Waals surface area contributed by atoms with Crippen LogP contribution in [0.25, 0.3) is 0 Å². The number of hydrogen-bond donors (Lipinski definition) is 1. The van der Waals surface area contributed by atoms with E-state index in [0.717, 1.165) is 28.3 Å². The van der Waals surface area contributed by atoms with Crippen LogP contribution >= 0.6 is 0 Å². The molecule has 2 aromatic carbocycles. The number of nitrogens with one attached hydrogen (secondary N) is 1. The Bertz CT molecular complexity index is 1370. The molecule has 2 aromatic rings. The molecule has 0 aliphatic heterocycles. The maximum Gasteiger partial charge on any atom is 0.244 e. The summed E-state index contributed by atoms with van der Waals surface area (Å²) in [6.45, 7) is 5.86. The quantitative estimate of drug-likeness (QED) is 0.337. The third-order valence-electron chi connectivity index (χ3n) is 9.82. The minimum absolute atomic E-state index is 0.0509. The Labute approximate surface area is 256 Å². The highest BCUT2D eigenvalue weighted by atomic mass is 32.2. The van der Waals surface area contributed by atoms with Crippen molar-refractivity contribution in [1.82, 2.24) is 10.2 Å². The fourth-order valence-corrected chi connectivity index (χ4v) is 9.04. The second kappa shape index (κ2) is 12.6. The van der Waals surface area contributed by atoms with Gasteiger partial charge in [-0.05, 0) is 109 Å². The molecule has 0 radical (unpaired) electrons. The van der Waals surface area contributed by atoms with E-state index in [-0.39, 0.29) is 23.8 Å². The first-order valence-electron chi connectivity index (χ1n) is 15.8. The van der Waals surface area contributed by atoms with Gasteiger partial charge < -0.3 is 10.2 Å². The van der Waals surface area contributed by atoms with Crippen LogP contribution in [-0.4, -0.2) is 50.5 Å². The molecule has 1 unspecified atom stereocenters. The van der Waals surface area contributed by atoms with E-state index in [4.69, 9.17) is 0 Å². The van der Waals surface area contributed by atoms with Crippen LogP contribution in [0.5, 0.6) is 0 Å². The molecule has 7 nitrogen and oxygen atoms in total.